The Hall–Kier alpha value is -0.710. The highest BCUT2D eigenvalue weighted by molar-refractivity contribution is 9.11. The number of benzene rings is 2. The largest absolute Gasteiger partial charge is 0.399 e. The maximum atomic E-state index is 6.03. The topological polar surface area (TPSA) is 38.0 Å². The fourth-order valence-corrected chi connectivity index (χ4v) is 2.41. The van der Waals surface area contributed by atoms with E-state index in [2.05, 4.69) is 37.2 Å². The summed E-state index contributed by atoms with van der Waals surface area (Å²) in [7, 11) is 0. The molecule has 88 valence electrons. The lowest BCUT2D eigenvalue weighted by Gasteiger charge is -2.11. The molecule has 3 N–H and O–H groups in total. The van der Waals surface area contributed by atoms with Gasteiger partial charge in [0, 0.05) is 10.2 Å². The molecule has 0 fully saturated rings. The van der Waals surface area contributed by atoms with Crippen molar-refractivity contribution in [1.29, 1.82) is 0 Å². The van der Waals surface area contributed by atoms with Crippen molar-refractivity contribution in [2.75, 3.05) is 11.1 Å². The summed E-state index contributed by atoms with van der Waals surface area (Å²) in [5, 5.41) is 3.94. The highest BCUT2D eigenvalue weighted by atomic mass is 79.9. The van der Waals surface area contributed by atoms with Crippen molar-refractivity contribution in [1.82, 2.24) is 0 Å². The van der Waals surface area contributed by atoms with Gasteiger partial charge in [-0.05, 0) is 62.2 Å². The Morgan fingerprint density at radius 1 is 1.06 bits per heavy atom. The molecular weight excluding hydrogens is 367 g/mol. The molecule has 0 saturated carbocycles. The van der Waals surface area contributed by atoms with Crippen LogP contribution >= 0.6 is 43.5 Å². The van der Waals surface area contributed by atoms with E-state index in [1.165, 1.54) is 0 Å². The molecule has 0 atom stereocenters. The van der Waals surface area contributed by atoms with Gasteiger partial charge in [0.25, 0.3) is 0 Å². The number of hydrogen-bond acceptors (Lipinski definition) is 2. The molecule has 0 aliphatic rings. The molecule has 0 aliphatic heterocycles. The smallest absolute Gasteiger partial charge is 0.0596 e. The molecule has 0 aromatic heterocycles. The third-order valence-corrected chi connectivity index (χ3v) is 4.27. The molecule has 2 aromatic carbocycles. The van der Waals surface area contributed by atoms with Crippen molar-refractivity contribution in [3.05, 3.63) is 50.4 Å². The van der Waals surface area contributed by atoms with Crippen LogP contribution in [0.25, 0.3) is 0 Å². The maximum absolute atomic E-state index is 6.03. The minimum Gasteiger partial charge on any atom is -0.399 e. The molecule has 2 rings (SSSR count). The molecule has 0 unspecified atom stereocenters. The summed E-state index contributed by atoms with van der Waals surface area (Å²) in [6.07, 6.45) is 0. The van der Waals surface area contributed by atoms with Gasteiger partial charge in [-0.2, -0.15) is 0 Å². The van der Waals surface area contributed by atoms with Gasteiger partial charge >= 0.3 is 0 Å². The molecule has 0 radical (unpaired) electrons. The van der Waals surface area contributed by atoms with Crippen molar-refractivity contribution in [2.24, 2.45) is 0 Å². The second-order valence-corrected chi connectivity index (χ2v) is 5.52. The van der Waals surface area contributed by atoms with Gasteiger partial charge in [-0.1, -0.05) is 17.7 Å². The first-order chi connectivity index (χ1) is 8.08. The number of rotatable bonds is 2. The average Bonchev–Trinajstić information content (AvgIpc) is 2.28. The predicted octanol–water partition coefficient (Wildman–Crippen LogP) is 5.19. The lowest BCUT2D eigenvalue weighted by atomic mass is 10.2. The molecule has 0 heterocycles. The van der Waals surface area contributed by atoms with Crippen LogP contribution in [0.1, 0.15) is 0 Å². The first-order valence-corrected chi connectivity index (χ1v) is 6.80. The lowest BCUT2D eigenvalue weighted by Crippen LogP contribution is -1.94. The fraction of sp³-hybridized carbons (Fsp3) is 0. The summed E-state index contributed by atoms with van der Waals surface area (Å²) in [6, 6.07) is 11.3. The van der Waals surface area contributed by atoms with E-state index >= 15 is 0 Å². The number of nitrogens with two attached hydrogens (primary N) is 1. The van der Waals surface area contributed by atoms with E-state index in [4.69, 9.17) is 17.3 Å². The van der Waals surface area contributed by atoms with E-state index in [1.54, 1.807) is 0 Å². The van der Waals surface area contributed by atoms with Crippen LogP contribution in [-0.2, 0) is 0 Å². The number of anilines is 3. The van der Waals surface area contributed by atoms with Gasteiger partial charge in [0.2, 0.25) is 0 Å². The SMILES string of the molecule is Nc1ccc(Nc2cccc(Cl)c2Br)c(Br)c1. The molecule has 0 bridgehead atoms. The zero-order valence-corrected chi connectivity index (χ0v) is 12.6. The molecular formula is C12H9Br2ClN2. The van der Waals surface area contributed by atoms with Crippen LogP contribution in [-0.4, -0.2) is 0 Å². The minimum atomic E-state index is 0.668. The second kappa shape index (κ2) is 5.29. The van der Waals surface area contributed by atoms with E-state index in [1.807, 2.05) is 36.4 Å². The first kappa shape index (κ1) is 12.7. The first-order valence-electron chi connectivity index (χ1n) is 4.84. The van der Waals surface area contributed by atoms with Crippen molar-refractivity contribution in [3.63, 3.8) is 0 Å². The highest BCUT2D eigenvalue weighted by Crippen LogP contribution is 2.34. The normalized spacial score (nSPS) is 10.3. The number of nitrogens with one attached hydrogen (secondary N) is 1. The lowest BCUT2D eigenvalue weighted by molar-refractivity contribution is 1.50. The van der Waals surface area contributed by atoms with Crippen LogP contribution in [0.2, 0.25) is 5.02 Å². The van der Waals surface area contributed by atoms with Crippen molar-refractivity contribution < 1.29 is 0 Å². The Morgan fingerprint density at radius 2 is 1.82 bits per heavy atom. The average molecular weight is 376 g/mol. The maximum Gasteiger partial charge on any atom is 0.0596 e. The molecule has 0 amide bonds. The summed E-state index contributed by atoms with van der Waals surface area (Å²) in [5.41, 5.74) is 8.24. The van der Waals surface area contributed by atoms with Gasteiger partial charge in [-0.25, -0.2) is 0 Å². The molecule has 0 spiro atoms. The summed E-state index contributed by atoms with van der Waals surface area (Å²) in [6.45, 7) is 0. The Kier molecular flexibility index (Phi) is 3.97. The molecule has 5 heteroatoms. The monoisotopic (exact) mass is 374 g/mol. The fourth-order valence-electron chi connectivity index (χ4n) is 1.38. The summed E-state index contributed by atoms with van der Waals surface area (Å²) >= 11 is 12.9. The highest BCUT2D eigenvalue weighted by Gasteiger charge is 2.06. The van der Waals surface area contributed by atoms with Gasteiger partial charge in [-0.3, -0.25) is 0 Å². The van der Waals surface area contributed by atoms with Gasteiger partial charge in [0.1, 0.15) is 0 Å². The van der Waals surface area contributed by atoms with Crippen LogP contribution in [0, 0.1) is 0 Å². The van der Waals surface area contributed by atoms with Gasteiger partial charge in [0.05, 0.1) is 20.9 Å². The third-order valence-electron chi connectivity index (χ3n) is 2.21. The van der Waals surface area contributed by atoms with E-state index in [0.29, 0.717) is 10.7 Å². The van der Waals surface area contributed by atoms with Crippen LogP contribution < -0.4 is 11.1 Å². The van der Waals surface area contributed by atoms with E-state index < -0.39 is 0 Å². The molecule has 2 nitrogen and oxygen atoms in total. The Labute approximate surface area is 121 Å². The number of nitrogen functional groups attached to an aromatic ring is 1. The van der Waals surface area contributed by atoms with Crippen LogP contribution in [0.3, 0.4) is 0 Å². The van der Waals surface area contributed by atoms with Crippen molar-refractivity contribution >= 4 is 60.5 Å². The van der Waals surface area contributed by atoms with Gasteiger partial charge in [-0.15, -0.1) is 0 Å². The van der Waals surface area contributed by atoms with E-state index in [-0.39, 0.29) is 0 Å². The Bertz CT molecular complexity index is 558. The molecule has 2 aromatic rings. The molecule has 0 saturated heterocycles. The summed E-state index contributed by atoms with van der Waals surface area (Å²) in [5.74, 6) is 0. The van der Waals surface area contributed by atoms with Gasteiger partial charge < -0.3 is 11.1 Å². The number of hydrogen-bond donors (Lipinski definition) is 2. The van der Waals surface area contributed by atoms with Crippen LogP contribution in [0.5, 0.6) is 0 Å². The second-order valence-electron chi connectivity index (χ2n) is 3.47. The third kappa shape index (κ3) is 2.94. The minimum absolute atomic E-state index is 0.668. The Morgan fingerprint density at radius 3 is 2.53 bits per heavy atom. The summed E-state index contributed by atoms with van der Waals surface area (Å²) < 4.78 is 1.75. The van der Waals surface area contributed by atoms with Crippen molar-refractivity contribution in [3.8, 4) is 0 Å². The quantitative estimate of drug-likeness (QED) is 0.708. The Balaban J connectivity index is 2.35. The van der Waals surface area contributed by atoms with Crippen LogP contribution in [0.4, 0.5) is 17.1 Å². The van der Waals surface area contributed by atoms with E-state index in [9.17, 15) is 0 Å². The zero-order valence-electron chi connectivity index (χ0n) is 8.68. The predicted molar refractivity (Wildman–Crippen MR) is 81.0 cm³/mol. The van der Waals surface area contributed by atoms with Gasteiger partial charge in [0.15, 0.2) is 0 Å². The van der Waals surface area contributed by atoms with Crippen molar-refractivity contribution in [2.45, 2.75) is 0 Å². The standard InChI is InChI=1S/C12H9Br2ClN2/c13-8-6-7(16)4-5-10(8)17-11-3-1-2-9(15)12(11)14/h1-6,17H,16H2. The van der Waals surface area contributed by atoms with E-state index in [0.717, 1.165) is 20.3 Å². The zero-order chi connectivity index (χ0) is 12.4. The molecule has 0 aliphatic carbocycles. The summed E-state index contributed by atoms with van der Waals surface area (Å²) in [4.78, 5) is 0. The number of halogens is 3. The van der Waals surface area contributed by atoms with Crippen LogP contribution in [0.15, 0.2) is 45.3 Å². The molecule has 17 heavy (non-hydrogen) atoms.